The number of rotatable bonds is 7. The second-order valence-electron chi connectivity index (χ2n) is 12.2. The van der Waals surface area contributed by atoms with Gasteiger partial charge in [0.1, 0.15) is 24.0 Å². The Bertz CT molecular complexity index is 1980. The number of benzene rings is 3. The number of ether oxygens (including phenoxy) is 1. The van der Waals surface area contributed by atoms with Crippen LogP contribution in [0.3, 0.4) is 0 Å². The molecule has 2 aromatic heterocycles. The summed E-state index contributed by atoms with van der Waals surface area (Å²) in [4.78, 5) is 24.6. The minimum Gasteiger partial charge on any atom is -0.489 e. The van der Waals surface area contributed by atoms with Crippen molar-refractivity contribution in [3.8, 4) is 11.8 Å². The van der Waals surface area contributed by atoms with Crippen LogP contribution in [0.15, 0.2) is 66.7 Å². The summed E-state index contributed by atoms with van der Waals surface area (Å²) in [7, 11) is 0. The molecule has 2 saturated heterocycles. The van der Waals surface area contributed by atoms with Crippen LogP contribution in [0.25, 0.3) is 21.8 Å². The third kappa shape index (κ3) is 7.11. The van der Waals surface area contributed by atoms with Crippen LogP contribution in [0.4, 0.5) is 17.1 Å². The average Bonchev–Trinajstić information content (AvgIpc) is 3.82. The summed E-state index contributed by atoms with van der Waals surface area (Å²) in [6.45, 7) is 8.78. The van der Waals surface area contributed by atoms with Gasteiger partial charge in [-0.05, 0) is 87.1 Å². The molecule has 0 unspecified atom stereocenters. The van der Waals surface area contributed by atoms with Gasteiger partial charge in [-0.1, -0.05) is 24.3 Å². The van der Waals surface area contributed by atoms with E-state index in [1.54, 1.807) is 6.07 Å². The quantitative estimate of drug-likeness (QED) is 0.147. The number of fused-ring (bicyclic) bond motifs is 2. The van der Waals surface area contributed by atoms with Crippen LogP contribution in [-0.2, 0) is 13.2 Å². The van der Waals surface area contributed by atoms with E-state index in [-0.39, 0.29) is 24.5 Å². The molecular weight excluding hydrogens is 592 g/mol. The van der Waals surface area contributed by atoms with Crippen LogP contribution >= 0.6 is 0 Å². The lowest BCUT2D eigenvalue weighted by Gasteiger charge is -2.20. The Balaban J connectivity index is 0.000000183. The molecule has 2 aliphatic heterocycles. The Hall–Kier alpha value is -5.27. The van der Waals surface area contributed by atoms with Gasteiger partial charge < -0.3 is 19.6 Å². The summed E-state index contributed by atoms with van der Waals surface area (Å²) in [5.74, 6) is 0.353. The van der Waals surface area contributed by atoms with E-state index in [9.17, 15) is 15.2 Å². The van der Waals surface area contributed by atoms with Crippen LogP contribution < -0.4 is 14.5 Å². The molecule has 2 aliphatic rings. The van der Waals surface area contributed by atoms with Crippen LogP contribution in [0.5, 0.6) is 5.75 Å². The fourth-order valence-corrected chi connectivity index (χ4v) is 6.41. The van der Waals surface area contributed by atoms with E-state index in [4.69, 9.17) is 10.00 Å². The van der Waals surface area contributed by atoms with Crippen molar-refractivity contribution in [3.63, 3.8) is 0 Å². The van der Waals surface area contributed by atoms with Crippen LogP contribution in [0.2, 0.25) is 0 Å². The van der Waals surface area contributed by atoms with Crippen molar-refractivity contribution >= 4 is 38.9 Å². The highest BCUT2D eigenvalue weighted by molar-refractivity contribution is 5.93. The zero-order valence-electron chi connectivity index (χ0n) is 26.8. The standard InChI is InChI=1S/C22H20N4O3.C15H18N2O/c1-15-10-22(25-8-2-3-9-25)19-7-4-16(11-20(19)24-15)14-29-18-6-5-17(13-23)21(12-18)26(27)28;1-11-8-15(17-6-2-3-7-17)13-5-4-12(10-18)9-14(13)16-11/h4-7,10-12H,2-3,8-9,14H2,1H3;4-5,8-9,18H,2-3,6-7,10H2,1H3. The fraction of sp³-hybridized carbons (Fsp3) is 0.324. The zero-order valence-corrected chi connectivity index (χ0v) is 26.8. The Morgan fingerprint density at radius 3 is 1.85 bits per heavy atom. The fourth-order valence-electron chi connectivity index (χ4n) is 6.41. The number of anilines is 2. The molecule has 10 nitrogen and oxygen atoms in total. The average molecular weight is 631 g/mol. The smallest absolute Gasteiger partial charge is 0.290 e. The zero-order chi connectivity index (χ0) is 32.9. The summed E-state index contributed by atoms with van der Waals surface area (Å²) in [5, 5.41) is 31.6. The van der Waals surface area contributed by atoms with E-state index < -0.39 is 4.92 Å². The second-order valence-corrected chi connectivity index (χ2v) is 12.2. The highest BCUT2D eigenvalue weighted by atomic mass is 16.6. The highest BCUT2D eigenvalue weighted by Crippen LogP contribution is 2.32. The molecule has 0 radical (unpaired) electrons. The largest absolute Gasteiger partial charge is 0.489 e. The van der Waals surface area contributed by atoms with E-state index in [1.165, 1.54) is 54.6 Å². The lowest BCUT2D eigenvalue weighted by Crippen LogP contribution is -2.18. The topological polar surface area (TPSA) is 129 Å². The van der Waals surface area contributed by atoms with Gasteiger partial charge in [0.05, 0.1) is 28.6 Å². The van der Waals surface area contributed by atoms with Crippen LogP contribution in [0.1, 0.15) is 53.8 Å². The van der Waals surface area contributed by atoms with Crippen molar-refractivity contribution < 1.29 is 14.8 Å². The van der Waals surface area contributed by atoms with Crippen molar-refractivity contribution in [2.75, 3.05) is 36.0 Å². The summed E-state index contributed by atoms with van der Waals surface area (Å²) >= 11 is 0. The lowest BCUT2D eigenvalue weighted by molar-refractivity contribution is -0.385. The van der Waals surface area contributed by atoms with E-state index in [0.29, 0.717) is 5.75 Å². The monoisotopic (exact) mass is 630 g/mol. The molecule has 0 atom stereocenters. The molecule has 0 bridgehead atoms. The number of pyridine rings is 2. The molecule has 1 N–H and O–H groups in total. The van der Waals surface area contributed by atoms with Gasteiger partial charge >= 0.3 is 0 Å². The molecule has 0 saturated carbocycles. The van der Waals surface area contributed by atoms with Gasteiger partial charge in [0.2, 0.25) is 0 Å². The molecule has 240 valence electrons. The maximum Gasteiger partial charge on any atom is 0.290 e. The molecule has 2 fully saturated rings. The van der Waals surface area contributed by atoms with Gasteiger partial charge in [0, 0.05) is 59.7 Å². The number of aliphatic hydroxyl groups is 1. The predicted octanol–water partition coefficient (Wildman–Crippen LogP) is 7.14. The summed E-state index contributed by atoms with van der Waals surface area (Å²) in [6.07, 6.45) is 4.98. The van der Waals surface area contributed by atoms with E-state index in [0.717, 1.165) is 65.1 Å². The van der Waals surface area contributed by atoms with Crippen molar-refractivity contribution in [2.45, 2.75) is 52.7 Å². The molecular formula is C37H38N6O4. The first-order valence-electron chi connectivity index (χ1n) is 16.1. The van der Waals surface area contributed by atoms with Gasteiger partial charge in [-0.3, -0.25) is 20.1 Å². The molecule has 0 aliphatic carbocycles. The highest BCUT2D eigenvalue weighted by Gasteiger charge is 2.18. The normalized spacial score (nSPS) is 14.3. The number of hydrogen-bond donors (Lipinski definition) is 1. The Labute approximate surface area is 274 Å². The number of nitro benzene ring substituents is 1. The number of aryl methyl sites for hydroxylation is 2. The second kappa shape index (κ2) is 14.0. The van der Waals surface area contributed by atoms with Crippen LogP contribution in [0, 0.1) is 35.3 Å². The Morgan fingerprint density at radius 2 is 1.34 bits per heavy atom. The maximum atomic E-state index is 11.1. The summed E-state index contributed by atoms with van der Waals surface area (Å²) in [6, 6.07) is 22.5. The number of nitro groups is 1. The molecule has 0 amide bonds. The van der Waals surface area contributed by atoms with E-state index in [1.807, 2.05) is 44.2 Å². The van der Waals surface area contributed by atoms with Gasteiger partial charge in [-0.2, -0.15) is 5.26 Å². The summed E-state index contributed by atoms with van der Waals surface area (Å²) in [5.41, 5.74) is 8.04. The molecule has 7 rings (SSSR count). The minimum atomic E-state index is -0.575. The van der Waals surface area contributed by atoms with Crippen molar-refractivity contribution in [1.82, 2.24) is 9.97 Å². The maximum absolute atomic E-state index is 11.1. The first-order chi connectivity index (χ1) is 22.8. The molecule has 47 heavy (non-hydrogen) atoms. The lowest BCUT2D eigenvalue weighted by atomic mass is 10.1. The molecule has 5 aromatic rings. The van der Waals surface area contributed by atoms with Crippen molar-refractivity contribution in [3.05, 3.63) is 105 Å². The number of aliphatic hydroxyl groups excluding tert-OH is 1. The number of nitrogens with zero attached hydrogens (tertiary/aromatic N) is 6. The molecule has 0 spiro atoms. The van der Waals surface area contributed by atoms with Gasteiger partial charge in [0.25, 0.3) is 5.69 Å². The van der Waals surface area contributed by atoms with Crippen LogP contribution in [-0.4, -0.2) is 46.2 Å². The van der Waals surface area contributed by atoms with Crippen molar-refractivity contribution in [2.24, 2.45) is 0 Å². The van der Waals surface area contributed by atoms with Gasteiger partial charge in [0.15, 0.2) is 0 Å². The first kappa shape index (κ1) is 31.7. The minimum absolute atomic E-state index is 0.0159. The molecule has 10 heteroatoms. The Kier molecular flexibility index (Phi) is 9.45. The third-order valence-electron chi connectivity index (χ3n) is 8.73. The van der Waals surface area contributed by atoms with Gasteiger partial charge in [-0.15, -0.1) is 0 Å². The number of nitriles is 1. The predicted molar refractivity (Wildman–Crippen MR) is 184 cm³/mol. The Morgan fingerprint density at radius 1 is 0.809 bits per heavy atom. The third-order valence-corrected chi connectivity index (χ3v) is 8.73. The van der Waals surface area contributed by atoms with Gasteiger partial charge in [-0.25, -0.2) is 0 Å². The van der Waals surface area contributed by atoms with E-state index >= 15 is 0 Å². The first-order valence-corrected chi connectivity index (χ1v) is 16.1. The molecule has 4 heterocycles. The van der Waals surface area contributed by atoms with E-state index in [2.05, 4.69) is 44.0 Å². The SMILES string of the molecule is Cc1cc(N2CCCC2)c2ccc(CO)cc2n1.Cc1cc(N2CCCC2)c2ccc(COc3ccc(C#N)c([N+](=O)[O-])c3)cc2n1. The summed E-state index contributed by atoms with van der Waals surface area (Å²) < 4.78 is 5.74. The van der Waals surface area contributed by atoms with Crippen molar-refractivity contribution in [1.29, 1.82) is 5.26 Å². The molecule has 3 aromatic carbocycles. The number of hydrogen-bond acceptors (Lipinski definition) is 9. The number of aromatic nitrogens is 2.